The van der Waals surface area contributed by atoms with Crippen LogP contribution in [0.1, 0.15) is 18.1 Å². The van der Waals surface area contributed by atoms with Crippen LogP contribution < -0.4 is 10.6 Å². The van der Waals surface area contributed by atoms with Crippen LogP contribution in [-0.2, 0) is 15.1 Å². The van der Waals surface area contributed by atoms with Gasteiger partial charge in [0, 0.05) is 10.2 Å². The predicted molar refractivity (Wildman–Crippen MR) is 102 cm³/mol. The first-order valence-electron chi connectivity index (χ1n) is 8.17. The fourth-order valence-corrected chi connectivity index (χ4v) is 3.25. The number of aryl methyl sites for hydroxylation is 1. The number of rotatable bonds is 4. The van der Waals surface area contributed by atoms with Crippen molar-refractivity contribution < 1.29 is 18.8 Å². The number of anilines is 1. The van der Waals surface area contributed by atoms with Gasteiger partial charge in [0.05, 0.1) is 0 Å². The molecular formula is C19H17BrFN3O3. The number of urea groups is 1. The van der Waals surface area contributed by atoms with Crippen molar-refractivity contribution in [2.75, 3.05) is 11.9 Å². The Bertz CT molecular complexity index is 950. The van der Waals surface area contributed by atoms with Crippen molar-refractivity contribution in [1.29, 1.82) is 0 Å². The maximum absolute atomic E-state index is 13.6. The zero-order valence-electron chi connectivity index (χ0n) is 14.7. The molecule has 2 N–H and O–H groups in total. The Hall–Kier alpha value is -2.74. The minimum atomic E-state index is -1.27. The van der Waals surface area contributed by atoms with Crippen LogP contribution in [0.2, 0.25) is 0 Å². The summed E-state index contributed by atoms with van der Waals surface area (Å²) in [4.78, 5) is 38.2. The summed E-state index contributed by atoms with van der Waals surface area (Å²) in [5, 5.41) is 5.13. The number of amides is 4. The summed E-state index contributed by atoms with van der Waals surface area (Å²) in [7, 11) is 0. The van der Waals surface area contributed by atoms with Crippen molar-refractivity contribution in [3.05, 3.63) is 63.9 Å². The van der Waals surface area contributed by atoms with Crippen LogP contribution in [0, 0.1) is 12.7 Å². The number of nitrogens with one attached hydrogen (secondary N) is 2. The summed E-state index contributed by atoms with van der Waals surface area (Å²) < 4.78 is 14.4. The molecule has 0 saturated carbocycles. The van der Waals surface area contributed by atoms with Crippen molar-refractivity contribution in [1.82, 2.24) is 10.2 Å². The average Bonchev–Trinajstić information content (AvgIpc) is 2.82. The molecule has 1 atom stereocenters. The number of imide groups is 1. The Labute approximate surface area is 163 Å². The normalized spacial score (nSPS) is 19.2. The predicted octanol–water partition coefficient (Wildman–Crippen LogP) is 3.30. The van der Waals surface area contributed by atoms with Gasteiger partial charge in [-0.25, -0.2) is 9.18 Å². The molecule has 27 heavy (non-hydrogen) atoms. The standard InChI is InChI=1S/C19H17BrFN3O3/c1-11-6-7-14(9-15(11)21)22-16(25)10-24-17(26)19(2,23-18(24)27)12-4-3-5-13(20)8-12/h3-9H,10H2,1-2H3,(H,22,25)(H,23,27)/t19-/m0/s1. The van der Waals surface area contributed by atoms with Crippen LogP contribution in [0.5, 0.6) is 0 Å². The van der Waals surface area contributed by atoms with Crippen LogP contribution >= 0.6 is 15.9 Å². The molecule has 3 rings (SSSR count). The molecule has 1 fully saturated rings. The van der Waals surface area contributed by atoms with E-state index in [1.54, 1.807) is 44.2 Å². The highest BCUT2D eigenvalue weighted by molar-refractivity contribution is 9.10. The van der Waals surface area contributed by atoms with Gasteiger partial charge in [-0.05, 0) is 49.2 Å². The molecule has 0 aromatic heterocycles. The molecule has 6 nitrogen and oxygen atoms in total. The van der Waals surface area contributed by atoms with Gasteiger partial charge >= 0.3 is 6.03 Å². The van der Waals surface area contributed by atoms with Gasteiger partial charge in [-0.3, -0.25) is 14.5 Å². The van der Waals surface area contributed by atoms with E-state index >= 15 is 0 Å². The van der Waals surface area contributed by atoms with Crippen LogP contribution in [0.25, 0.3) is 0 Å². The summed E-state index contributed by atoms with van der Waals surface area (Å²) in [6.07, 6.45) is 0. The quantitative estimate of drug-likeness (QED) is 0.725. The monoisotopic (exact) mass is 433 g/mol. The molecule has 140 valence electrons. The van der Waals surface area contributed by atoms with Gasteiger partial charge in [-0.15, -0.1) is 0 Å². The van der Waals surface area contributed by atoms with Crippen molar-refractivity contribution in [2.45, 2.75) is 19.4 Å². The SMILES string of the molecule is Cc1ccc(NC(=O)CN2C(=O)N[C@@](C)(c3cccc(Br)c3)C2=O)cc1F. The van der Waals surface area contributed by atoms with Gasteiger partial charge in [0.15, 0.2) is 0 Å². The Morgan fingerprint density at radius 3 is 2.67 bits per heavy atom. The van der Waals surface area contributed by atoms with Crippen molar-refractivity contribution >= 4 is 39.5 Å². The Morgan fingerprint density at radius 2 is 2.00 bits per heavy atom. The van der Waals surface area contributed by atoms with E-state index in [2.05, 4.69) is 26.6 Å². The maximum atomic E-state index is 13.6. The number of nitrogens with zero attached hydrogens (tertiary/aromatic N) is 1. The highest BCUT2D eigenvalue weighted by atomic mass is 79.9. The van der Waals surface area contributed by atoms with E-state index in [-0.39, 0.29) is 5.69 Å². The highest BCUT2D eigenvalue weighted by Gasteiger charge is 2.49. The lowest BCUT2D eigenvalue weighted by atomic mass is 9.92. The van der Waals surface area contributed by atoms with Gasteiger partial charge < -0.3 is 10.6 Å². The van der Waals surface area contributed by atoms with Crippen molar-refractivity contribution in [3.63, 3.8) is 0 Å². The molecule has 0 radical (unpaired) electrons. The van der Waals surface area contributed by atoms with Crippen LogP contribution in [0.3, 0.4) is 0 Å². The molecule has 0 aliphatic carbocycles. The van der Waals surface area contributed by atoms with Gasteiger partial charge in [0.2, 0.25) is 5.91 Å². The highest BCUT2D eigenvalue weighted by Crippen LogP contribution is 2.30. The van der Waals surface area contributed by atoms with Gasteiger partial charge in [-0.2, -0.15) is 0 Å². The zero-order valence-corrected chi connectivity index (χ0v) is 16.3. The largest absolute Gasteiger partial charge is 0.325 e. The molecule has 2 aromatic rings. The summed E-state index contributed by atoms with van der Waals surface area (Å²) in [6, 6.07) is 10.6. The second-order valence-electron chi connectivity index (χ2n) is 6.47. The van der Waals surface area contributed by atoms with E-state index in [0.29, 0.717) is 11.1 Å². The fraction of sp³-hybridized carbons (Fsp3) is 0.211. The first-order chi connectivity index (χ1) is 12.7. The van der Waals surface area contributed by atoms with E-state index in [1.165, 1.54) is 12.1 Å². The van der Waals surface area contributed by atoms with Gasteiger partial charge in [0.1, 0.15) is 17.9 Å². The first kappa shape index (κ1) is 19.0. The summed E-state index contributed by atoms with van der Waals surface area (Å²) in [5.41, 5.74) is 0.0347. The van der Waals surface area contributed by atoms with E-state index in [0.717, 1.165) is 9.37 Å². The van der Waals surface area contributed by atoms with Gasteiger partial charge in [0.25, 0.3) is 5.91 Å². The molecule has 0 spiro atoms. The van der Waals surface area contributed by atoms with E-state index < -0.39 is 35.7 Å². The fourth-order valence-electron chi connectivity index (χ4n) is 2.85. The number of carbonyl (C=O) groups excluding carboxylic acids is 3. The van der Waals surface area contributed by atoms with Crippen LogP contribution in [0.4, 0.5) is 14.9 Å². The molecule has 1 aliphatic rings. The minimum absolute atomic E-state index is 0.255. The van der Waals surface area contributed by atoms with Gasteiger partial charge in [-0.1, -0.05) is 34.1 Å². The second-order valence-corrected chi connectivity index (χ2v) is 7.38. The second kappa shape index (κ2) is 7.11. The van der Waals surface area contributed by atoms with Crippen LogP contribution in [-0.4, -0.2) is 29.3 Å². The number of hydrogen-bond acceptors (Lipinski definition) is 3. The van der Waals surface area contributed by atoms with E-state index in [1.807, 2.05) is 0 Å². The molecule has 0 unspecified atom stereocenters. The molecule has 0 bridgehead atoms. The molecular weight excluding hydrogens is 417 g/mol. The maximum Gasteiger partial charge on any atom is 0.325 e. The lowest BCUT2D eigenvalue weighted by Crippen LogP contribution is -2.42. The van der Waals surface area contributed by atoms with Crippen molar-refractivity contribution in [2.24, 2.45) is 0 Å². The third kappa shape index (κ3) is 3.71. The number of hydrogen-bond donors (Lipinski definition) is 2. The van der Waals surface area contributed by atoms with E-state index in [4.69, 9.17) is 0 Å². The molecule has 1 heterocycles. The molecule has 2 aromatic carbocycles. The molecule has 8 heteroatoms. The molecule has 1 aliphatic heterocycles. The minimum Gasteiger partial charge on any atom is -0.324 e. The van der Waals surface area contributed by atoms with Crippen molar-refractivity contribution in [3.8, 4) is 0 Å². The topological polar surface area (TPSA) is 78.5 Å². The van der Waals surface area contributed by atoms with Crippen LogP contribution in [0.15, 0.2) is 46.9 Å². The summed E-state index contributed by atoms with van der Waals surface area (Å²) in [6.45, 7) is 2.73. The smallest absolute Gasteiger partial charge is 0.324 e. The average molecular weight is 434 g/mol. The number of benzene rings is 2. The number of carbonyl (C=O) groups is 3. The Balaban J connectivity index is 1.75. The lowest BCUT2D eigenvalue weighted by Gasteiger charge is -2.22. The molecule has 1 saturated heterocycles. The lowest BCUT2D eigenvalue weighted by molar-refractivity contribution is -0.133. The number of halogens is 2. The zero-order chi connectivity index (χ0) is 19.8. The Kier molecular flexibility index (Phi) is 5.01. The first-order valence-corrected chi connectivity index (χ1v) is 8.96. The molecule has 4 amide bonds. The van der Waals surface area contributed by atoms with E-state index in [9.17, 15) is 18.8 Å². The Morgan fingerprint density at radius 1 is 1.26 bits per heavy atom. The third-order valence-corrected chi connectivity index (χ3v) is 4.93. The third-order valence-electron chi connectivity index (χ3n) is 4.43. The summed E-state index contributed by atoms with van der Waals surface area (Å²) in [5.74, 6) is -1.58. The summed E-state index contributed by atoms with van der Waals surface area (Å²) >= 11 is 3.34.